The minimum Gasteiger partial charge on any atom is -0.507 e. The van der Waals surface area contributed by atoms with Gasteiger partial charge in [-0.15, -0.1) is 0 Å². The van der Waals surface area contributed by atoms with Crippen molar-refractivity contribution in [3.8, 4) is 5.75 Å². The van der Waals surface area contributed by atoms with Crippen LogP contribution in [-0.4, -0.2) is 5.11 Å². The van der Waals surface area contributed by atoms with Gasteiger partial charge < -0.3 is 5.11 Å². The Balaban J connectivity index is 0.000000720. The van der Waals surface area contributed by atoms with E-state index in [0.717, 1.165) is 10.8 Å². The predicted octanol–water partition coefficient (Wildman–Crippen LogP) is 2.54. The second-order valence-corrected chi connectivity index (χ2v) is 2.50. The molecule has 0 saturated heterocycles. The maximum atomic E-state index is 9.37. The van der Waals surface area contributed by atoms with E-state index in [-0.39, 0.29) is 22.4 Å². The maximum Gasteiger partial charge on any atom is 0.123 e. The fourth-order valence-electron chi connectivity index (χ4n) is 1.21. The minimum absolute atomic E-state index is 0. The fraction of sp³-hybridized carbons (Fsp3) is 0. The Bertz CT molecular complexity index is 379. The number of fused-ring (bicyclic) bond motifs is 1. The van der Waals surface area contributed by atoms with Crippen molar-refractivity contribution < 1.29 is 27.5 Å². The molecule has 0 atom stereocenters. The van der Waals surface area contributed by atoms with Crippen LogP contribution in [0.25, 0.3) is 10.8 Å². The Labute approximate surface area is 86.5 Å². The second-order valence-electron chi connectivity index (χ2n) is 2.50. The summed E-state index contributed by atoms with van der Waals surface area (Å²) in [5.74, 6) is 0.350. The molecule has 0 aliphatic heterocycles. The number of hydrogen-bond acceptors (Lipinski definition) is 1. The van der Waals surface area contributed by atoms with Gasteiger partial charge in [0.2, 0.25) is 0 Å². The van der Waals surface area contributed by atoms with E-state index in [1.54, 1.807) is 6.07 Å². The Morgan fingerprint density at radius 2 is 1.50 bits per heavy atom. The van der Waals surface area contributed by atoms with Crippen LogP contribution in [0.5, 0.6) is 5.75 Å². The van der Waals surface area contributed by atoms with E-state index in [1.807, 2.05) is 36.4 Å². The number of phenolic OH excluding ortho intramolecular Hbond substituents is 1. The molecule has 0 amide bonds. The predicted molar refractivity (Wildman–Crippen MR) is 45.6 cm³/mol. The van der Waals surface area contributed by atoms with E-state index in [2.05, 4.69) is 0 Å². The molecule has 0 aliphatic carbocycles. The molecular formula is C10H8AuO. The number of phenols is 1. The van der Waals surface area contributed by atoms with Crippen molar-refractivity contribution in [1.82, 2.24) is 0 Å². The summed E-state index contributed by atoms with van der Waals surface area (Å²) < 4.78 is 0. The van der Waals surface area contributed by atoms with Gasteiger partial charge in [-0.25, -0.2) is 0 Å². The van der Waals surface area contributed by atoms with Gasteiger partial charge in [-0.1, -0.05) is 36.4 Å². The Morgan fingerprint density at radius 3 is 2.25 bits per heavy atom. The van der Waals surface area contributed by atoms with Crippen molar-refractivity contribution in [2.45, 2.75) is 0 Å². The van der Waals surface area contributed by atoms with E-state index in [1.165, 1.54) is 0 Å². The van der Waals surface area contributed by atoms with Crippen LogP contribution in [0.2, 0.25) is 0 Å². The normalized spacial score (nSPS) is 9.33. The summed E-state index contributed by atoms with van der Waals surface area (Å²) in [6.07, 6.45) is 0. The van der Waals surface area contributed by atoms with Crippen LogP contribution < -0.4 is 0 Å². The average molecular weight is 341 g/mol. The van der Waals surface area contributed by atoms with Gasteiger partial charge in [0.15, 0.2) is 0 Å². The van der Waals surface area contributed by atoms with Gasteiger partial charge in [0, 0.05) is 27.8 Å². The van der Waals surface area contributed by atoms with Gasteiger partial charge in [0.05, 0.1) is 0 Å². The van der Waals surface area contributed by atoms with Crippen LogP contribution in [0.1, 0.15) is 0 Å². The Morgan fingerprint density at radius 1 is 0.833 bits per heavy atom. The molecule has 1 nitrogen and oxygen atoms in total. The van der Waals surface area contributed by atoms with Gasteiger partial charge in [0.1, 0.15) is 5.75 Å². The molecule has 65 valence electrons. The van der Waals surface area contributed by atoms with Crippen molar-refractivity contribution >= 4 is 10.8 Å². The third kappa shape index (κ3) is 1.53. The van der Waals surface area contributed by atoms with Crippen LogP contribution in [0.3, 0.4) is 0 Å². The second kappa shape index (κ2) is 3.76. The van der Waals surface area contributed by atoms with Gasteiger partial charge in [-0.05, 0) is 11.5 Å². The number of rotatable bonds is 0. The molecule has 2 aromatic rings. The quantitative estimate of drug-likeness (QED) is 0.731. The van der Waals surface area contributed by atoms with E-state index >= 15 is 0 Å². The molecule has 0 bridgehead atoms. The average Bonchev–Trinajstić information content (AvgIpc) is 2.06. The Hall–Kier alpha value is -0.760. The van der Waals surface area contributed by atoms with Crippen molar-refractivity contribution in [2.24, 2.45) is 0 Å². The molecule has 0 aliphatic rings. The molecular weight excluding hydrogens is 333 g/mol. The molecule has 2 rings (SSSR count). The summed E-state index contributed by atoms with van der Waals surface area (Å²) in [5.41, 5.74) is 0. The van der Waals surface area contributed by atoms with Crippen LogP contribution in [-0.2, 0) is 22.4 Å². The number of benzene rings is 2. The van der Waals surface area contributed by atoms with E-state index in [4.69, 9.17) is 0 Å². The van der Waals surface area contributed by atoms with Crippen molar-refractivity contribution in [3.63, 3.8) is 0 Å². The minimum atomic E-state index is 0. The third-order valence-electron chi connectivity index (χ3n) is 1.77. The number of aromatic hydroxyl groups is 1. The van der Waals surface area contributed by atoms with Crippen LogP contribution in [0.15, 0.2) is 42.5 Å². The summed E-state index contributed by atoms with van der Waals surface area (Å²) >= 11 is 0. The summed E-state index contributed by atoms with van der Waals surface area (Å²) in [7, 11) is 0. The molecule has 1 N–H and O–H groups in total. The Kier molecular flexibility index (Phi) is 2.93. The summed E-state index contributed by atoms with van der Waals surface area (Å²) in [6.45, 7) is 0. The summed E-state index contributed by atoms with van der Waals surface area (Å²) in [6, 6.07) is 13.3. The SMILES string of the molecule is Oc1cccc2ccccc12.[Au]. The molecule has 0 spiro atoms. The molecule has 1 radical (unpaired) electrons. The van der Waals surface area contributed by atoms with E-state index in [0.29, 0.717) is 5.75 Å². The first-order valence-corrected chi connectivity index (χ1v) is 3.54. The van der Waals surface area contributed by atoms with Crippen LogP contribution >= 0.6 is 0 Å². The zero-order valence-electron chi connectivity index (χ0n) is 6.29. The van der Waals surface area contributed by atoms with Crippen molar-refractivity contribution in [1.29, 1.82) is 0 Å². The molecule has 12 heavy (non-hydrogen) atoms. The molecule has 0 saturated carbocycles. The van der Waals surface area contributed by atoms with Gasteiger partial charge in [-0.2, -0.15) is 0 Å². The molecule has 0 unspecified atom stereocenters. The van der Waals surface area contributed by atoms with Crippen LogP contribution in [0, 0.1) is 0 Å². The van der Waals surface area contributed by atoms with Gasteiger partial charge in [0.25, 0.3) is 0 Å². The standard InChI is InChI=1S/C10H8O.Au/c11-10-7-3-5-8-4-1-2-6-9(8)10;/h1-7,11H;. The zero-order chi connectivity index (χ0) is 7.68. The van der Waals surface area contributed by atoms with Gasteiger partial charge >= 0.3 is 0 Å². The molecule has 2 heteroatoms. The molecule has 0 aromatic heterocycles. The number of hydrogen-bond donors (Lipinski definition) is 1. The first-order chi connectivity index (χ1) is 5.38. The monoisotopic (exact) mass is 341 g/mol. The first-order valence-electron chi connectivity index (χ1n) is 3.54. The maximum absolute atomic E-state index is 9.37. The molecule has 0 heterocycles. The van der Waals surface area contributed by atoms with Crippen molar-refractivity contribution in [2.75, 3.05) is 0 Å². The third-order valence-corrected chi connectivity index (χ3v) is 1.77. The smallest absolute Gasteiger partial charge is 0.123 e. The van der Waals surface area contributed by atoms with Crippen molar-refractivity contribution in [3.05, 3.63) is 42.5 Å². The first kappa shape index (κ1) is 9.33. The fourth-order valence-corrected chi connectivity index (χ4v) is 1.21. The molecule has 0 fully saturated rings. The van der Waals surface area contributed by atoms with Crippen LogP contribution in [0.4, 0.5) is 0 Å². The zero-order valence-corrected chi connectivity index (χ0v) is 8.46. The van der Waals surface area contributed by atoms with E-state index < -0.39 is 0 Å². The molecule has 2 aromatic carbocycles. The topological polar surface area (TPSA) is 20.2 Å². The summed E-state index contributed by atoms with van der Waals surface area (Å²) in [4.78, 5) is 0. The van der Waals surface area contributed by atoms with Gasteiger partial charge in [-0.3, -0.25) is 0 Å². The van der Waals surface area contributed by atoms with E-state index in [9.17, 15) is 5.11 Å². The largest absolute Gasteiger partial charge is 0.507 e. The summed E-state index contributed by atoms with van der Waals surface area (Å²) in [5, 5.41) is 11.4.